The first-order chi connectivity index (χ1) is 13.3. The molecule has 3 saturated carbocycles. The van der Waals surface area contributed by atoms with Gasteiger partial charge in [-0.05, 0) is 73.5 Å². The zero-order chi connectivity index (χ0) is 19.7. The van der Waals surface area contributed by atoms with E-state index in [2.05, 4.69) is 26.8 Å². The monoisotopic (exact) mass is 386 g/mol. The number of carbonyl (C=O) groups is 1. The summed E-state index contributed by atoms with van der Waals surface area (Å²) in [4.78, 5) is 12.6. The number of rotatable bonds is 2. The molecular formula is C25H38O3. The van der Waals surface area contributed by atoms with E-state index in [0.29, 0.717) is 34.9 Å². The standard InChI is InChI=1S/C25H38O3/c1-5-17-14-21-19-7-6-18-15-25(27-12-13-28-25)11-10-23(18,3)20(19)8-9-24(21,4)22(17)16(2)26/h8,17-19,21-22H,5-7,9-15H2,1-4H3/t17-,18?,19?,21?,22?,23?,24+/m1/s1. The zero-order valence-corrected chi connectivity index (χ0v) is 18.3. The molecule has 1 heterocycles. The van der Waals surface area contributed by atoms with Gasteiger partial charge in [-0.15, -0.1) is 0 Å². The van der Waals surface area contributed by atoms with Crippen molar-refractivity contribution in [2.24, 2.45) is 40.4 Å². The summed E-state index contributed by atoms with van der Waals surface area (Å²) in [5.41, 5.74) is 2.23. The van der Waals surface area contributed by atoms with Crippen LogP contribution in [0, 0.1) is 40.4 Å². The highest BCUT2D eigenvalue weighted by molar-refractivity contribution is 5.80. The van der Waals surface area contributed by atoms with Crippen LogP contribution < -0.4 is 0 Å². The first kappa shape index (κ1) is 19.3. The van der Waals surface area contributed by atoms with Crippen LogP contribution in [0.5, 0.6) is 0 Å². The Bertz CT molecular complexity index is 690. The minimum atomic E-state index is -0.277. The van der Waals surface area contributed by atoms with Crippen LogP contribution in [0.1, 0.15) is 79.1 Å². The van der Waals surface area contributed by atoms with E-state index in [1.165, 1.54) is 25.7 Å². The molecule has 0 N–H and O–H groups in total. The molecule has 5 rings (SSSR count). The summed E-state index contributed by atoms with van der Waals surface area (Å²) in [5, 5.41) is 0. The van der Waals surface area contributed by atoms with Gasteiger partial charge in [-0.25, -0.2) is 0 Å². The van der Waals surface area contributed by atoms with Crippen LogP contribution in [0.25, 0.3) is 0 Å². The molecule has 5 unspecified atom stereocenters. The average Bonchev–Trinajstić information content (AvgIpc) is 3.24. The first-order valence-corrected chi connectivity index (χ1v) is 11.8. The summed E-state index contributed by atoms with van der Waals surface area (Å²) in [7, 11) is 0. The molecule has 1 saturated heterocycles. The van der Waals surface area contributed by atoms with Crippen molar-refractivity contribution in [3.8, 4) is 0 Å². The van der Waals surface area contributed by atoms with E-state index in [9.17, 15) is 4.79 Å². The first-order valence-electron chi connectivity index (χ1n) is 11.8. The Balaban J connectivity index is 1.46. The third-order valence-electron chi connectivity index (χ3n) is 9.98. The van der Waals surface area contributed by atoms with Crippen LogP contribution in [0.2, 0.25) is 0 Å². The molecular weight excluding hydrogens is 348 g/mol. The fourth-order valence-electron chi connectivity index (χ4n) is 8.61. The molecule has 1 aliphatic heterocycles. The maximum atomic E-state index is 12.6. The summed E-state index contributed by atoms with van der Waals surface area (Å²) in [6.07, 6.45) is 12.0. The number of hydrogen-bond acceptors (Lipinski definition) is 3. The second-order valence-corrected chi connectivity index (χ2v) is 11.1. The number of hydrogen-bond donors (Lipinski definition) is 0. The van der Waals surface area contributed by atoms with Gasteiger partial charge in [0.1, 0.15) is 5.78 Å². The Morgan fingerprint density at radius 1 is 1.18 bits per heavy atom. The zero-order valence-electron chi connectivity index (χ0n) is 18.3. The van der Waals surface area contributed by atoms with E-state index >= 15 is 0 Å². The predicted molar refractivity (Wildman–Crippen MR) is 110 cm³/mol. The van der Waals surface area contributed by atoms with Gasteiger partial charge in [-0.3, -0.25) is 4.79 Å². The number of Topliss-reactive ketones (excluding diaryl/α,β-unsaturated/α-hetero) is 1. The van der Waals surface area contributed by atoms with Crippen molar-refractivity contribution < 1.29 is 14.3 Å². The summed E-state index contributed by atoms with van der Waals surface area (Å²) in [5.74, 6) is 3.07. The van der Waals surface area contributed by atoms with Crippen molar-refractivity contribution in [1.82, 2.24) is 0 Å². The van der Waals surface area contributed by atoms with E-state index in [1.807, 2.05) is 6.92 Å². The van der Waals surface area contributed by atoms with Crippen LogP contribution >= 0.6 is 0 Å². The topological polar surface area (TPSA) is 35.5 Å². The molecule has 28 heavy (non-hydrogen) atoms. The fraction of sp³-hybridized carbons (Fsp3) is 0.880. The second-order valence-electron chi connectivity index (χ2n) is 11.1. The lowest BCUT2D eigenvalue weighted by molar-refractivity contribution is -0.207. The SMILES string of the molecule is CC[C@@H]1CC2C3CCC4CC5(CCC4(C)C3=CC[C@]2(C)C1C(C)=O)OCCO5. The van der Waals surface area contributed by atoms with Gasteiger partial charge in [0.25, 0.3) is 0 Å². The van der Waals surface area contributed by atoms with Crippen LogP contribution in [0.3, 0.4) is 0 Å². The highest BCUT2D eigenvalue weighted by Crippen LogP contribution is 2.67. The van der Waals surface area contributed by atoms with Gasteiger partial charge in [0, 0.05) is 18.8 Å². The summed E-state index contributed by atoms with van der Waals surface area (Å²) in [6, 6.07) is 0. The van der Waals surface area contributed by atoms with Crippen molar-refractivity contribution in [2.45, 2.75) is 84.8 Å². The van der Waals surface area contributed by atoms with E-state index in [0.717, 1.165) is 38.9 Å². The highest BCUT2D eigenvalue weighted by Gasteiger charge is 2.61. The molecule has 156 valence electrons. The Morgan fingerprint density at radius 2 is 1.93 bits per heavy atom. The van der Waals surface area contributed by atoms with E-state index < -0.39 is 0 Å². The predicted octanol–water partition coefficient (Wildman–Crippen LogP) is 5.53. The maximum absolute atomic E-state index is 12.6. The van der Waals surface area contributed by atoms with E-state index in [4.69, 9.17) is 9.47 Å². The number of ether oxygens (including phenoxy) is 2. The molecule has 3 nitrogen and oxygen atoms in total. The Kier molecular flexibility index (Phi) is 4.42. The van der Waals surface area contributed by atoms with Crippen molar-refractivity contribution in [2.75, 3.05) is 13.2 Å². The Morgan fingerprint density at radius 3 is 2.61 bits per heavy atom. The fourth-order valence-corrected chi connectivity index (χ4v) is 8.61. The normalized spacial score (nSPS) is 49.3. The lowest BCUT2D eigenvalue weighted by Gasteiger charge is -2.58. The van der Waals surface area contributed by atoms with Crippen molar-refractivity contribution in [3.63, 3.8) is 0 Å². The Hall–Kier alpha value is -0.670. The van der Waals surface area contributed by atoms with Gasteiger partial charge in [-0.1, -0.05) is 38.8 Å². The summed E-state index contributed by atoms with van der Waals surface area (Å²) >= 11 is 0. The highest BCUT2D eigenvalue weighted by atomic mass is 16.7. The number of ketones is 1. The minimum Gasteiger partial charge on any atom is -0.348 e. The smallest absolute Gasteiger partial charge is 0.168 e. The van der Waals surface area contributed by atoms with Crippen molar-refractivity contribution >= 4 is 5.78 Å². The van der Waals surface area contributed by atoms with Crippen molar-refractivity contribution in [3.05, 3.63) is 11.6 Å². The van der Waals surface area contributed by atoms with Gasteiger partial charge in [-0.2, -0.15) is 0 Å². The van der Waals surface area contributed by atoms with Gasteiger partial charge >= 0.3 is 0 Å². The van der Waals surface area contributed by atoms with Crippen LogP contribution in [-0.2, 0) is 14.3 Å². The van der Waals surface area contributed by atoms with Gasteiger partial charge < -0.3 is 9.47 Å². The van der Waals surface area contributed by atoms with Crippen molar-refractivity contribution in [1.29, 1.82) is 0 Å². The van der Waals surface area contributed by atoms with Crippen LogP contribution in [0.4, 0.5) is 0 Å². The Labute approximate surface area is 170 Å². The van der Waals surface area contributed by atoms with Crippen LogP contribution in [-0.4, -0.2) is 24.8 Å². The molecule has 4 aliphatic carbocycles. The second kappa shape index (κ2) is 6.41. The largest absolute Gasteiger partial charge is 0.348 e. The molecule has 0 aromatic rings. The van der Waals surface area contributed by atoms with Gasteiger partial charge in [0.2, 0.25) is 0 Å². The molecule has 3 heteroatoms. The molecule has 1 spiro atoms. The quantitative estimate of drug-likeness (QED) is 0.585. The lowest BCUT2D eigenvalue weighted by Crippen LogP contribution is -2.52. The average molecular weight is 387 g/mol. The maximum Gasteiger partial charge on any atom is 0.168 e. The van der Waals surface area contributed by atoms with Crippen LogP contribution in [0.15, 0.2) is 11.6 Å². The molecule has 7 atom stereocenters. The molecule has 5 aliphatic rings. The van der Waals surface area contributed by atoms with E-state index in [-0.39, 0.29) is 17.1 Å². The molecule has 4 fully saturated rings. The number of carbonyl (C=O) groups excluding carboxylic acids is 1. The minimum absolute atomic E-state index is 0.178. The molecule has 0 aromatic heterocycles. The van der Waals surface area contributed by atoms with Gasteiger partial charge in [0.15, 0.2) is 5.79 Å². The summed E-state index contributed by atoms with van der Waals surface area (Å²) in [6.45, 7) is 10.6. The third-order valence-corrected chi connectivity index (χ3v) is 9.98. The summed E-state index contributed by atoms with van der Waals surface area (Å²) < 4.78 is 12.2. The van der Waals surface area contributed by atoms with Gasteiger partial charge in [0.05, 0.1) is 13.2 Å². The number of fused-ring (bicyclic) bond motifs is 5. The number of allylic oxidation sites excluding steroid dienone is 2. The molecule has 0 bridgehead atoms. The molecule has 0 amide bonds. The molecule has 0 aromatic carbocycles. The lowest BCUT2D eigenvalue weighted by atomic mass is 9.48. The third kappa shape index (κ3) is 2.51. The molecule has 0 radical (unpaired) electrons. The van der Waals surface area contributed by atoms with E-state index in [1.54, 1.807) is 5.57 Å².